The van der Waals surface area contributed by atoms with Crippen LogP contribution >= 0.6 is 11.8 Å². The predicted octanol–water partition coefficient (Wildman–Crippen LogP) is 3.33. The van der Waals surface area contributed by atoms with Crippen molar-refractivity contribution in [3.63, 3.8) is 0 Å². The van der Waals surface area contributed by atoms with Gasteiger partial charge in [-0.05, 0) is 30.7 Å². The molecule has 1 N–H and O–H groups in total. The molecule has 18 heavy (non-hydrogen) atoms. The van der Waals surface area contributed by atoms with Crippen LogP contribution in [-0.4, -0.2) is 27.5 Å². The van der Waals surface area contributed by atoms with E-state index in [4.69, 9.17) is 0 Å². The van der Waals surface area contributed by atoms with Crippen LogP contribution in [0.4, 0.5) is 5.82 Å². The topological polar surface area (TPSA) is 37.8 Å². The summed E-state index contributed by atoms with van der Waals surface area (Å²) < 4.78 is 0. The van der Waals surface area contributed by atoms with Crippen LogP contribution < -0.4 is 5.32 Å². The molecule has 1 fully saturated rings. The van der Waals surface area contributed by atoms with E-state index in [0.717, 1.165) is 28.5 Å². The summed E-state index contributed by atoms with van der Waals surface area (Å²) in [6.45, 7) is 1.01. The lowest BCUT2D eigenvalue weighted by atomic mass is 10.2. The van der Waals surface area contributed by atoms with E-state index in [-0.39, 0.29) is 0 Å². The normalized spacial score (nSPS) is 19.9. The van der Waals surface area contributed by atoms with Crippen molar-refractivity contribution < 1.29 is 0 Å². The molecule has 1 atom stereocenters. The highest BCUT2D eigenvalue weighted by Crippen LogP contribution is 2.26. The van der Waals surface area contributed by atoms with E-state index < -0.39 is 0 Å². The minimum Gasteiger partial charge on any atom is -0.368 e. The van der Waals surface area contributed by atoms with Crippen molar-refractivity contribution in [1.82, 2.24) is 9.97 Å². The van der Waals surface area contributed by atoms with E-state index in [1.807, 2.05) is 18.2 Å². The third-order valence-electron chi connectivity index (χ3n) is 3.31. The Morgan fingerprint density at radius 1 is 1.22 bits per heavy atom. The number of rotatable bonds is 3. The summed E-state index contributed by atoms with van der Waals surface area (Å²) in [5.74, 6) is 2.27. The van der Waals surface area contributed by atoms with Crippen LogP contribution in [-0.2, 0) is 0 Å². The minimum absolute atomic E-state index is 0.729. The SMILES string of the molecule is c1ccc2c(NCC3CCCCS3)ncnc2c1. The molecule has 0 amide bonds. The number of nitrogens with one attached hydrogen (secondary N) is 1. The maximum Gasteiger partial charge on any atom is 0.137 e. The second kappa shape index (κ2) is 5.57. The number of thioether (sulfide) groups is 1. The Kier molecular flexibility index (Phi) is 3.64. The van der Waals surface area contributed by atoms with E-state index in [2.05, 4.69) is 33.1 Å². The number of aromatic nitrogens is 2. The van der Waals surface area contributed by atoms with Crippen molar-refractivity contribution in [3.05, 3.63) is 30.6 Å². The van der Waals surface area contributed by atoms with Crippen LogP contribution in [0.1, 0.15) is 19.3 Å². The highest BCUT2D eigenvalue weighted by Gasteiger charge is 2.14. The lowest BCUT2D eigenvalue weighted by Crippen LogP contribution is -2.20. The second-order valence-electron chi connectivity index (χ2n) is 4.61. The monoisotopic (exact) mass is 259 g/mol. The van der Waals surface area contributed by atoms with Crippen LogP contribution in [0.15, 0.2) is 30.6 Å². The van der Waals surface area contributed by atoms with Gasteiger partial charge < -0.3 is 5.32 Å². The predicted molar refractivity (Wildman–Crippen MR) is 78.1 cm³/mol. The molecule has 1 unspecified atom stereocenters. The summed E-state index contributed by atoms with van der Waals surface area (Å²) in [7, 11) is 0. The molecule has 2 heterocycles. The quantitative estimate of drug-likeness (QED) is 0.917. The van der Waals surface area contributed by atoms with Gasteiger partial charge in [0, 0.05) is 17.2 Å². The maximum atomic E-state index is 4.36. The van der Waals surface area contributed by atoms with Crippen molar-refractivity contribution >= 4 is 28.5 Å². The highest BCUT2D eigenvalue weighted by molar-refractivity contribution is 7.99. The van der Waals surface area contributed by atoms with Crippen molar-refractivity contribution in [2.45, 2.75) is 24.5 Å². The first-order chi connectivity index (χ1) is 8.93. The summed E-state index contributed by atoms with van der Waals surface area (Å²) in [4.78, 5) is 8.64. The van der Waals surface area contributed by atoms with E-state index in [1.165, 1.54) is 25.0 Å². The van der Waals surface area contributed by atoms with Crippen molar-refractivity contribution in [1.29, 1.82) is 0 Å². The largest absolute Gasteiger partial charge is 0.368 e. The maximum absolute atomic E-state index is 4.36. The standard InChI is InChI=1S/C14H17N3S/c1-2-7-13-12(6-1)14(17-10-16-13)15-9-11-5-3-4-8-18-11/h1-2,6-7,10-11H,3-5,8-9H2,(H,15,16,17). The van der Waals surface area contributed by atoms with Crippen LogP contribution in [0.5, 0.6) is 0 Å². The molecular formula is C14H17N3S. The summed E-state index contributed by atoms with van der Waals surface area (Å²) in [6, 6.07) is 8.14. The van der Waals surface area contributed by atoms with Gasteiger partial charge in [-0.3, -0.25) is 0 Å². The smallest absolute Gasteiger partial charge is 0.137 e. The zero-order valence-corrected chi connectivity index (χ0v) is 11.1. The third kappa shape index (κ3) is 2.58. The number of hydrogen-bond donors (Lipinski definition) is 1. The number of hydrogen-bond acceptors (Lipinski definition) is 4. The average molecular weight is 259 g/mol. The zero-order valence-electron chi connectivity index (χ0n) is 10.3. The molecule has 1 aliphatic heterocycles. The molecule has 0 saturated carbocycles. The van der Waals surface area contributed by atoms with Gasteiger partial charge in [0.25, 0.3) is 0 Å². The first kappa shape index (κ1) is 11.8. The molecule has 0 aliphatic carbocycles. The van der Waals surface area contributed by atoms with Crippen LogP contribution in [0.25, 0.3) is 10.9 Å². The van der Waals surface area contributed by atoms with E-state index >= 15 is 0 Å². The van der Waals surface area contributed by atoms with Gasteiger partial charge in [0.1, 0.15) is 12.1 Å². The number of benzene rings is 1. The van der Waals surface area contributed by atoms with Crippen LogP contribution in [0.3, 0.4) is 0 Å². The fraction of sp³-hybridized carbons (Fsp3) is 0.429. The van der Waals surface area contributed by atoms with Gasteiger partial charge in [-0.15, -0.1) is 0 Å². The molecular weight excluding hydrogens is 242 g/mol. The van der Waals surface area contributed by atoms with Gasteiger partial charge in [0.2, 0.25) is 0 Å². The van der Waals surface area contributed by atoms with Crippen molar-refractivity contribution in [3.8, 4) is 0 Å². The number of fused-ring (bicyclic) bond motifs is 1. The Hall–Kier alpha value is -1.29. The Bertz CT molecular complexity index is 518. The fourth-order valence-corrected chi connectivity index (χ4v) is 3.56. The van der Waals surface area contributed by atoms with E-state index in [1.54, 1.807) is 6.33 Å². The van der Waals surface area contributed by atoms with Crippen LogP contribution in [0.2, 0.25) is 0 Å². The van der Waals surface area contributed by atoms with Gasteiger partial charge in [0.15, 0.2) is 0 Å². The number of para-hydroxylation sites is 1. The average Bonchev–Trinajstić information content (AvgIpc) is 2.46. The molecule has 3 nitrogen and oxygen atoms in total. The molecule has 1 saturated heterocycles. The first-order valence-corrected chi connectivity index (χ1v) is 7.53. The molecule has 4 heteroatoms. The lowest BCUT2D eigenvalue weighted by molar-refractivity contribution is 0.677. The second-order valence-corrected chi connectivity index (χ2v) is 6.02. The van der Waals surface area contributed by atoms with Gasteiger partial charge >= 0.3 is 0 Å². The molecule has 3 rings (SSSR count). The molecule has 1 aromatic heterocycles. The van der Waals surface area contributed by atoms with Gasteiger partial charge in [-0.1, -0.05) is 18.6 Å². The molecule has 0 bridgehead atoms. The Morgan fingerprint density at radius 3 is 3.06 bits per heavy atom. The number of nitrogens with zero attached hydrogens (tertiary/aromatic N) is 2. The van der Waals surface area contributed by atoms with Crippen molar-refractivity contribution in [2.75, 3.05) is 17.6 Å². The molecule has 1 aliphatic rings. The summed E-state index contributed by atoms with van der Waals surface area (Å²) >= 11 is 2.08. The Morgan fingerprint density at radius 2 is 2.17 bits per heavy atom. The highest BCUT2D eigenvalue weighted by atomic mass is 32.2. The molecule has 0 spiro atoms. The summed E-state index contributed by atoms with van der Waals surface area (Å²) in [5.41, 5.74) is 1.01. The van der Waals surface area contributed by atoms with Crippen LogP contribution in [0, 0.1) is 0 Å². The first-order valence-electron chi connectivity index (χ1n) is 6.49. The molecule has 0 radical (unpaired) electrons. The van der Waals surface area contributed by atoms with Gasteiger partial charge in [-0.25, -0.2) is 9.97 Å². The molecule has 2 aromatic rings. The van der Waals surface area contributed by atoms with E-state index in [9.17, 15) is 0 Å². The Balaban J connectivity index is 1.74. The lowest BCUT2D eigenvalue weighted by Gasteiger charge is -2.21. The van der Waals surface area contributed by atoms with E-state index in [0.29, 0.717) is 0 Å². The Labute approximate surface area is 111 Å². The zero-order chi connectivity index (χ0) is 12.2. The van der Waals surface area contributed by atoms with Gasteiger partial charge in [0.05, 0.1) is 5.52 Å². The molecule has 1 aromatic carbocycles. The van der Waals surface area contributed by atoms with Gasteiger partial charge in [-0.2, -0.15) is 11.8 Å². The van der Waals surface area contributed by atoms with Crippen molar-refractivity contribution in [2.24, 2.45) is 0 Å². The fourth-order valence-electron chi connectivity index (χ4n) is 2.32. The third-order valence-corrected chi connectivity index (χ3v) is 4.71. The minimum atomic E-state index is 0.729. The number of anilines is 1. The molecule has 94 valence electrons. The summed E-state index contributed by atoms with van der Waals surface area (Å²) in [5, 5.41) is 5.33. The summed E-state index contributed by atoms with van der Waals surface area (Å²) in [6.07, 6.45) is 5.70.